The molecule has 1 saturated carbocycles. The largest absolute Gasteiger partial charge is 0.357 e. The van der Waals surface area contributed by atoms with Crippen LogP contribution in [-0.4, -0.2) is 28.0 Å². The zero-order valence-electron chi connectivity index (χ0n) is 10.9. The third-order valence-corrected chi connectivity index (χ3v) is 3.76. The number of halogens is 1. The van der Waals surface area contributed by atoms with Gasteiger partial charge in [0.2, 0.25) is 17.2 Å². The zero-order chi connectivity index (χ0) is 13.0. The highest BCUT2D eigenvalue weighted by molar-refractivity contribution is 6.28. The lowest BCUT2D eigenvalue weighted by Gasteiger charge is -2.28. The van der Waals surface area contributed by atoms with Crippen molar-refractivity contribution in [3.8, 4) is 0 Å². The molecule has 1 aromatic rings. The Morgan fingerprint density at radius 2 is 1.78 bits per heavy atom. The molecule has 0 spiro atoms. The zero-order valence-corrected chi connectivity index (χ0v) is 11.7. The van der Waals surface area contributed by atoms with Gasteiger partial charge in [0.1, 0.15) is 0 Å². The fourth-order valence-corrected chi connectivity index (χ4v) is 2.58. The average molecular weight is 270 g/mol. The minimum absolute atomic E-state index is 0.221. The first-order valence-electron chi connectivity index (χ1n) is 6.57. The van der Waals surface area contributed by atoms with Crippen LogP contribution in [0.1, 0.15) is 39.0 Å². The smallest absolute Gasteiger partial charge is 0.229 e. The lowest BCUT2D eigenvalue weighted by molar-refractivity contribution is 0.329. The van der Waals surface area contributed by atoms with E-state index in [1.165, 1.54) is 32.1 Å². The predicted molar refractivity (Wildman–Crippen MR) is 74.0 cm³/mol. The Bertz CT molecular complexity index is 390. The Morgan fingerprint density at radius 1 is 1.11 bits per heavy atom. The van der Waals surface area contributed by atoms with Crippen molar-refractivity contribution in [3.63, 3.8) is 0 Å². The Kier molecular flexibility index (Phi) is 4.58. The van der Waals surface area contributed by atoms with E-state index in [-0.39, 0.29) is 5.28 Å². The van der Waals surface area contributed by atoms with Gasteiger partial charge in [-0.1, -0.05) is 13.3 Å². The van der Waals surface area contributed by atoms with Gasteiger partial charge in [0, 0.05) is 13.1 Å². The van der Waals surface area contributed by atoms with E-state index in [9.17, 15) is 0 Å². The van der Waals surface area contributed by atoms with Crippen LogP contribution in [0.5, 0.6) is 0 Å². The molecular formula is C12H20ClN5. The molecule has 100 valence electrons. The van der Waals surface area contributed by atoms with Crippen LogP contribution in [0.4, 0.5) is 11.9 Å². The highest BCUT2D eigenvalue weighted by atomic mass is 35.5. The average Bonchev–Trinajstić information content (AvgIpc) is 2.39. The minimum Gasteiger partial charge on any atom is -0.357 e. The van der Waals surface area contributed by atoms with Gasteiger partial charge in [0.05, 0.1) is 0 Å². The minimum atomic E-state index is 0.221. The molecule has 5 nitrogen and oxygen atoms in total. The summed E-state index contributed by atoms with van der Waals surface area (Å²) in [6.07, 6.45) is 6.21. The fraction of sp³-hybridized carbons (Fsp3) is 0.750. The van der Waals surface area contributed by atoms with Crippen molar-refractivity contribution < 1.29 is 0 Å². The molecular weight excluding hydrogens is 250 g/mol. The quantitative estimate of drug-likeness (QED) is 0.880. The predicted octanol–water partition coefficient (Wildman–Crippen LogP) is 2.95. The third-order valence-electron chi connectivity index (χ3n) is 3.59. The lowest BCUT2D eigenvalue weighted by Crippen LogP contribution is -2.27. The van der Waals surface area contributed by atoms with Gasteiger partial charge in [-0.05, 0) is 43.2 Å². The van der Waals surface area contributed by atoms with Gasteiger partial charge < -0.3 is 10.6 Å². The Morgan fingerprint density at radius 3 is 2.39 bits per heavy atom. The summed E-state index contributed by atoms with van der Waals surface area (Å²) in [6, 6.07) is 0.455. The van der Waals surface area contributed by atoms with Gasteiger partial charge in [-0.15, -0.1) is 0 Å². The van der Waals surface area contributed by atoms with E-state index in [0.29, 0.717) is 17.9 Å². The lowest BCUT2D eigenvalue weighted by atomic mass is 9.85. The number of nitrogens with zero attached hydrogens (tertiary/aromatic N) is 3. The maximum atomic E-state index is 5.85. The first kappa shape index (κ1) is 13.3. The maximum Gasteiger partial charge on any atom is 0.229 e. The van der Waals surface area contributed by atoms with Crippen LogP contribution in [0.3, 0.4) is 0 Å². The number of nitrogens with one attached hydrogen (secondary N) is 2. The summed E-state index contributed by atoms with van der Waals surface area (Å²) in [5.41, 5.74) is 0. The Hall–Kier alpha value is -1.10. The Labute approximate surface area is 113 Å². The van der Waals surface area contributed by atoms with Gasteiger partial charge in [-0.25, -0.2) is 0 Å². The molecule has 0 aromatic carbocycles. The van der Waals surface area contributed by atoms with Crippen LogP contribution >= 0.6 is 11.6 Å². The molecule has 1 aliphatic rings. The van der Waals surface area contributed by atoms with Crippen LogP contribution in [0, 0.1) is 5.92 Å². The summed E-state index contributed by atoms with van der Waals surface area (Å²) in [7, 11) is 1.77. The third kappa shape index (κ3) is 3.45. The SMILES string of the molecule is CCC1CCC(Nc2nc(Cl)nc(NC)n2)CC1. The molecule has 2 N–H and O–H groups in total. The maximum absolute atomic E-state index is 5.85. The second kappa shape index (κ2) is 6.18. The molecule has 2 rings (SSSR count). The molecule has 0 aliphatic heterocycles. The van der Waals surface area contributed by atoms with Crippen molar-refractivity contribution in [2.75, 3.05) is 17.7 Å². The molecule has 1 aromatic heterocycles. The Balaban J connectivity index is 1.95. The highest BCUT2D eigenvalue weighted by Crippen LogP contribution is 2.28. The van der Waals surface area contributed by atoms with E-state index in [1.54, 1.807) is 7.05 Å². The van der Waals surface area contributed by atoms with Crippen LogP contribution in [0.25, 0.3) is 0 Å². The van der Waals surface area contributed by atoms with E-state index in [4.69, 9.17) is 11.6 Å². The van der Waals surface area contributed by atoms with Crippen molar-refractivity contribution >= 4 is 23.5 Å². The van der Waals surface area contributed by atoms with Gasteiger partial charge in [-0.2, -0.15) is 15.0 Å². The van der Waals surface area contributed by atoms with Crippen molar-refractivity contribution in [3.05, 3.63) is 5.28 Å². The van der Waals surface area contributed by atoms with E-state index >= 15 is 0 Å². The summed E-state index contributed by atoms with van der Waals surface area (Å²) in [4.78, 5) is 12.3. The molecule has 6 heteroatoms. The van der Waals surface area contributed by atoms with Gasteiger partial charge in [0.25, 0.3) is 0 Å². The van der Waals surface area contributed by atoms with E-state index in [0.717, 1.165) is 5.92 Å². The van der Waals surface area contributed by atoms with Gasteiger partial charge in [-0.3, -0.25) is 0 Å². The molecule has 0 radical (unpaired) electrons. The van der Waals surface area contributed by atoms with Crippen LogP contribution < -0.4 is 10.6 Å². The van der Waals surface area contributed by atoms with E-state index in [2.05, 4.69) is 32.5 Å². The van der Waals surface area contributed by atoms with Gasteiger partial charge in [0.15, 0.2) is 0 Å². The summed E-state index contributed by atoms with van der Waals surface area (Å²) >= 11 is 5.85. The molecule has 1 heterocycles. The summed E-state index contributed by atoms with van der Waals surface area (Å²) in [5.74, 6) is 1.96. The molecule has 0 bridgehead atoms. The number of rotatable bonds is 4. The number of hydrogen-bond acceptors (Lipinski definition) is 5. The molecule has 1 aliphatic carbocycles. The van der Waals surface area contributed by atoms with Crippen LogP contribution in [-0.2, 0) is 0 Å². The van der Waals surface area contributed by atoms with Crippen molar-refractivity contribution in [1.82, 2.24) is 15.0 Å². The fourth-order valence-electron chi connectivity index (χ4n) is 2.42. The van der Waals surface area contributed by atoms with Crippen molar-refractivity contribution in [2.24, 2.45) is 5.92 Å². The second-order valence-electron chi connectivity index (χ2n) is 4.77. The summed E-state index contributed by atoms with van der Waals surface area (Å²) < 4.78 is 0. The number of hydrogen-bond donors (Lipinski definition) is 2. The van der Waals surface area contributed by atoms with E-state index in [1.807, 2.05) is 0 Å². The van der Waals surface area contributed by atoms with Crippen molar-refractivity contribution in [2.45, 2.75) is 45.1 Å². The molecule has 1 fully saturated rings. The monoisotopic (exact) mass is 269 g/mol. The van der Waals surface area contributed by atoms with Crippen LogP contribution in [0.2, 0.25) is 5.28 Å². The molecule has 0 saturated heterocycles. The van der Waals surface area contributed by atoms with Gasteiger partial charge >= 0.3 is 0 Å². The normalized spacial score (nSPS) is 23.7. The van der Waals surface area contributed by atoms with E-state index < -0.39 is 0 Å². The molecule has 0 unspecified atom stereocenters. The molecule has 18 heavy (non-hydrogen) atoms. The first-order valence-corrected chi connectivity index (χ1v) is 6.95. The standard InChI is InChI=1S/C12H20ClN5/c1-3-8-4-6-9(7-5-8)15-12-17-10(13)16-11(14-2)18-12/h8-9H,3-7H2,1-2H3,(H2,14,15,16,17,18). The van der Waals surface area contributed by atoms with Crippen LogP contribution in [0.15, 0.2) is 0 Å². The summed E-state index contributed by atoms with van der Waals surface area (Å²) in [6.45, 7) is 2.27. The summed E-state index contributed by atoms with van der Waals surface area (Å²) in [5, 5.41) is 6.45. The van der Waals surface area contributed by atoms with Crippen molar-refractivity contribution in [1.29, 1.82) is 0 Å². The topological polar surface area (TPSA) is 62.7 Å². The number of anilines is 2. The highest BCUT2D eigenvalue weighted by Gasteiger charge is 2.20. The molecule has 0 amide bonds. The first-order chi connectivity index (χ1) is 8.71. The molecule has 0 atom stereocenters. The number of aromatic nitrogens is 3. The second-order valence-corrected chi connectivity index (χ2v) is 5.11.